The lowest BCUT2D eigenvalue weighted by atomic mass is 9.77. The van der Waals surface area contributed by atoms with Gasteiger partial charge in [0.05, 0.1) is 6.61 Å². The topological polar surface area (TPSA) is 9.23 Å². The molecule has 23 heavy (non-hydrogen) atoms. The number of hydrogen-bond acceptors (Lipinski definition) is 1. The van der Waals surface area contributed by atoms with E-state index in [9.17, 15) is 4.39 Å². The number of rotatable bonds is 9. The van der Waals surface area contributed by atoms with Crippen molar-refractivity contribution in [3.05, 3.63) is 29.6 Å². The first-order valence-corrected chi connectivity index (χ1v) is 9.66. The average Bonchev–Trinajstić information content (AvgIpc) is 2.59. The Morgan fingerprint density at radius 3 is 2.48 bits per heavy atom. The summed E-state index contributed by atoms with van der Waals surface area (Å²) in [5.41, 5.74) is 0.878. The molecule has 0 unspecified atom stereocenters. The molecule has 2 rings (SSSR count). The van der Waals surface area contributed by atoms with Crippen LogP contribution in [0.25, 0.3) is 0 Å². The molecule has 0 radical (unpaired) electrons. The fourth-order valence-corrected chi connectivity index (χ4v) is 3.77. The van der Waals surface area contributed by atoms with E-state index in [1.807, 2.05) is 6.07 Å². The van der Waals surface area contributed by atoms with Crippen LogP contribution in [-0.4, -0.2) is 6.61 Å². The Bertz CT molecular complexity index is 449. The molecule has 0 N–H and O–H groups in total. The van der Waals surface area contributed by atoms with Gasteiger partial charge in [-0.1, -0.05) is 46.0 Å². The Morgan fingerprint density at radius 1 is 1.00 bits per heavy atom. The molecular formula is C21H33FO. The van der Waals surface area contributed by atoms with Crippen LogP contribution in [0.3, 0.4) is 0 Å². The van der Waals surface area contributed by atoms with Crippen LogP contribution in [-0.2, 0) is 0 Å². The number of unbranched alkanes of at least 4 members (excludes halogenated alkanes) is 3. The zero-order valence-corrected chi connectivity index (χ0v) is 15.0. The highest BCUT2D eigenvalue weighted by atomic mass is 19.1. The zero-order valence-electron chi connectivity index (χ0n) is 15.0. The lowest BCUT2D eigenvalue weighted by molar-refractivity contribution is 0.295. The second-order valence-corrected chi connectivity index (χ2v) is 7.10. The monoisotopic (exact) mass is 320 g/mol. The molecule has 0 bridgehead atoms. The summed E-state index contributed by atoms with van der Waals surface area (Å²) in [6.45, 7) is 5.06. The van der Waals surface area contributed by atoms with Gasteiger partial charge in [-0.05, 0) is 67.7 Å². The summed E-state index contributed by atoms with van der Waals surface area (Å²) in [4.78, 5) is 0. The van der Waals surface area contributed by atoms with Crippen LogP contribution in [0.4, 0.5) is 4.39 Å². The molecule has 0 heterocycles. The minimum absolute atomic E-state index is 0.0553. The summed E-state index contributed by atoms with van der Waals surface area (Å²) in [5, 5.41) is 0. The van der Waals surface area contributed by atoms with Crippen molar-refractivity contribution in [1.29, 1.82) is 0 Å². The third-order valence-corrected chi connectivity index (χ3v) is 5.19. The summed E-state index contributed by atoms with van der Waals surface area (Å²) in [6.07, 6.45) is 12.6. The number of ether oxygens (including phenoxy) is 1. The van der Waals surface area contributed by atoms with Gasteiger partial charge in [0.2, 0.25) is 0 Å². The summed E-state index contributed by atoms with van der Waals surface area (Å²) in [5.74, 6) is 2.02. The van der Waals surface area contributed by atoms with E-state index in [2.05, 4.69) is 13.8 Å². The van der Waals surface area contributed by atoms with Crippen LogP contribution in [0.5, 0.6) is 5.75 Å². The van der Waals surface area contributed by atoms with E-state index in [1.165, 1.54) is 44.9 Å². The van der Waals surface area contributed by atoms with E-state index in [0.29, 0.717) is 12.5 Å². The Labute approximate surface area is 141 Å². The molecule has 0 aliphatic heterocycles. The predicted octanol–water partition coefficient (Wildman–Crippen LogP) is 6.86. The van der Waals surface area contributed by atoms with Crippen LogP contribution in [0, 0.1) is 11.7 Å². The van der Waals surface area contributed by atoms with Crippen molar-refractivity contribution in [3.63, 3.8) is 0 Å². The highest BCUT2D eigenvalue weighted by Crippen LogP contribution is 2.39. The summed E-state index contributed by atoms with van der Waals surface area (Å²) in [7, 11) is 0. The number of hydrogen-bond donors (Lipinski definition) is 0. The second-order valence-electron chi connectivity index (χ2n) is 7.10. The molecule has 1 aliphatic rings. The Morgan fingerprint density at radius 2 is 1.78 bits per heavy atom. The van der Waals surface area contributed by atoms with Crippen LogP contribution in [0.1, 0.15) is 89.5 Å². The van der Waals surface area contributed by atoms with Crippen molar-refractivity contribution in [2.75, 3.05) is 6.61 Å². The van der Waals surface area contributed by atoms with Gasteiger partial charge in [-0.3, -0.25) is 0 Å². The molecule has 1 fully saturated rings. The molecule has 1 nitrogen and oxygen atoms in total. The van der Waals surface area contributed by atoms with Gasteiger partial charge in [-0.2, -0.15) is 0 Å². The van der Waals surface area contributed by atoms with Crippen LogP contribution in [0.15, 0.2) is 18.2 Å². The first-order valence-electron chi connectivity index (χ1n) is 9.66. The molecular weight excluding hydrogens is 287 g/mol. The molecule has 2 heteroatoms. The van der Waals surface area contributed by atoms with Gasteiger partial charge in [0, 0.05) is 0 Å². The first-order chi connectivity index (χ1) is 11.2. The molecule has 0 atom stereocenters. The summed E-state index contributed by atoms with van der Waals surface area (Å²) >= 11 is 0. The summed E-state index contributed by atoms with van der Waals surface area (Å²) in [6, 6.07) is 5.28. The summed E-state index contributed by atoms with van der Waals surface area (Å²) < 4.78 is 19.9. The number of benzene rings is 1. The SMILES string of the molecule is CCCCCCC1CCC(c2cc(OCCC)ccc2F)CC1. The van der Waals surface area contributed by atoms with E-state index < -0.39 is 0 Å². The molecule has 1 aliphatic carbocycles. The molecule has 1 aromatic rings. The molecule has 0 saturated heterocycles. The largest absolute Gasteiger partial charge is 0.494 e. The van der Waals surface area contributed by atoms with E-state index >= 15 is 0 Å². The van der Waals surface area contributed by atoms with Crippen molar-refractivity contribution in [1.82, 2.24) is 0 Å². The van der Waals surface area contributed by atoms with Crippen LogP contribution >= 0.6 is 0 Å². The van der Waals surface area contributed by atoms with Gasteiger partial charge < -0.3 is 4.74 Å². The van der Waals surface area contributed by atoms with Crippen LogP contribution in [0.2, 0.25) is 0 Å². The quantitative estimate of drug-likeness (QED) is 0.452. The van der Waals surface area contributed by atoms with Gasteiger partial charge in [0.15, 0.2) is 0 Å². The van der Waals surface area contributed by atoms with E-state index in [-0.39, 0.29) is 5.82 Å². The maximum Gasteiger partial charge on any atom is 0.126 e. The highest BCUT2D eigenvalue weighted by Gasteiger charge is 2.24. The van der Waals surface area contributed by atoms with Gasteiger partial charge in [0.25, 0.3) is 0 Å². The Balaban J connectivity index is 1.84. The third kappa shape index (κ3) is 5.82. The van der Waals surface area contributed by atoms with Gasteiger partial charge in [-0.15, -0.1) is 0 Å². The minimum atomic E-state index is -0.0553. The van der Waals surface area contributed by atoms with E-state index in [0.717, 1.165) is 36.5 Å². The van der Waals surface area contributed by atoms with Crippen molar-refractivity contribution in [2.45, 2.75) is 84.0 Å². The molecule has 0 aromatic heterocycles. The van der Waals surface area contributed by atoms with Crippen molar-refractivity contribution in [2.24, 2.45) is 5.92 Å². The van der Waals surface area contributed by atoms with Gasteiger partial charge in [0.1, 0.15) is 11.6 Å². The molecule has 1 saturated carbocycles. The smallest absolute Gasteiger partial charge is 0.126 e. The molecule has 130 valence electrons. The third-order valence-electron chi connectivity index (χ3n) is 5.19. The Kier molecular flexibility index (Phi) is 7.91. The van der Waals surface area contributed by atoms with Crippen molar-refractivity contribution in [3.8, 4) is 5.75 Å². The molecule has 0 amide bonds. The average molecular weight is 320 g/mol. The lowest BCUT2D eigenvalue weighted by Crippen LogP contribution is -2.14. The fourth-order valence-electron chi connectivity index (χ4n) is 3.77. The highest BCUT2D eigenvalue weighted by molar-refractivity contribution is 5.32. The standard InChI is InChI=1S/C21H33FO/c1-3-5-6-7-8-17-9-11-18(12-10-17)20-16-19(23-15-4-2)13-14-21(20)22/h13-14,16-18H,3-12,15H2,1-2H3. The minimum Gasteiger partial charge on any atom is -0.494 e. The Hall–Kier alpha value is -1.05. The second kappa shape index (κ2) is 9.95. The normalized spacial score (nSPS) is 21.3. The van der Waals surface area contributed by atoms with E-state index in [1.54, 1.807) is 12.1 Å². The fraction of sp³-hybridized carbons (Fsp3) is 0.714. The van der Waals surface area contributed by atoms with Gasteiger partial charge in [-0.25, -0.2) is 4.39 Å². The van der Waals surface area contributed by atoms with Crippen LogP contribution < -0.4 is 4.74 Å². The van der Waals surface area contributed by atoms with E-state index in [4.69, 9.17) is 4.74 Å². The predicted molar refractivity (Wildman–Crippen MR) is 95.6 cm³/mol. The zero-order chi connectivity index (χ0) is 16.5. The molecule has 0 spiro atoms. The first kappa shape index (κ1) is 18.3. The lowest BCUT2D eigenvalue weighted by Gasteiger charge is -2.29. The maximum atomic E-state index is 14.2. The van der Waals surface area contributed by atoms with Crippen molar-refractivity contribution >= 4 is 0 Å². The number of halogens is 1. The van der Waals surface area contributed by atoms with Crippen molar-refractivity contribution < 1.29 is 9.13 Å². The molecule has 1 aromatic carbocycles. The maximum absolute atomic E-state index is 14.2. The van der Waals surface area contributed by atoms with Gasteiger partial charge >= 0.3 is 0 Å².